The standard InChI is InChI=1S/C14H19N5O/c1-20-14-15-7-11(8-16-14)9-19-6-2-3-12(10-19)13-4-5-17-18-13/h4-5,7-8,12H,2-3,6,9-10H2,1H3,(H,17,18)/t12-/m0/s1. The molecule has 3 heterocycles. The van der Waals surface area contributed by atoms with Gasteiger partial charge < -0.3 is 4.74 Å². The van der Waals surface area contributed by atoms with Gasteiger partial charge in [0.15, 0.2) is 0 Å². The number of piperidine rings is 1. The summed E-state index contributed by atoms with van der Waals surface area (Å²) in [6.45, 7) is 3.06. The first kappa shape index (κ1) is 13.1. The van der Waals surface area contributed by atoms with Gasteiger partial charge in [-0.15, -0.1) is 0 Å². The van der Waals surface area contributed by atoms with Crippen LogP contribution in [0.3, 0.4) is 0 Å². The van der Waals surface area contributed by atoms with Gasteiger partial charge in [-0.2, -0.15) is 5.10 Å². The SMILES string of the molecule is COc1ncc(CN2CCC[C@H](c3ccn[nH]3)C2)cn1. The van der Waals surface area contributed by atoms with Crippen LogP contribution in [0.1, 0.15) is 30.0 Å². The highest BCUT2D eigenvalue weighted by atomic mass is 16.5. The fraction of sp³-hybridized carbons (Fsp3) is 0.500. The van der Waals surface area contributed by atoms with Crippen LogP contribution in [0.4, 0.5) is 0 Å². The van der Waals surface area contributed by atoms with Gasteiger partial charge in [0.25, 0.3) is 0 Å². The Kier molecular flexibility index (Phi) is 3.92. The lowest BCUT2D eigenvalue weighted by molar-refractivity contribution is 0.198. The van der Waals surface area contributed by atoms with Crippen molar-refractivity contribution >= 4 is 0 Å². The minimum atomic E-state index is 0.419. The summed E-state index contributed by atoms with van der Waals surface area (Å²) in [7, 11) is 1.58. The molecule has 1 N–H and O–H groups in total. The van der Waals surface area contributed by atoms with Gasteiger partial charge in [-0.05, 0) is 25.5 Å². The number of ether oxygens (including phenoxy) is 1. The molecule has 0 saturated carbocycles. The third kappa shape index (κ3) is 2.96. The molecule has 6 nitrogen and oxygen atoms in total. The van der Waals surface area contributed by atoms with Crippen LogP contribution in [0.5, 0.6) is 6.01 Å². The summed E-state index contributed by atoms with van der Waals surface area (Å²) in [6.07, 6.45) is 7.93. The third-order valence-electron chi connectivity index (χ3n) is 3.74. The normalized spacial score (nSPS) is 19.9. The van der Waals surface area contributed by atoms with E-state index >= 15 is 0 Å². The van der Waals surface area contributed by atoms with Crippen molar-refractivity contribution in [2.24, 2.45) is 0 Å². The summed E-state index contributed by atoms with van der Waals surface area (Å²) in [5, 5.41) is 7.14. The van der Waals surface area contributed by atoms with Crippen molar-refractivity contribution < 1.29 is 4.74 Å². The van der Waals surface area contributed by atoms with E-state index in [1.165, 1.54) is 18.5 Å². The van der Waals surface area contributed by atoms with Crippen LogP contribution in [0.25, 0.3) is 0 Å². The summed E-state index contributed by atoms with van der Waals surface area (Å²) in [4.78, 5) is 10.8. The molecular weight excluding hydrogens is 254 g/mol. The predicted octanol–water partition coefficient (Wildman–Crippen LogP) is 1.59. The summed E-state index contributed by atoms with van der Waals surface area (Å²) < 4.78 is 4.98. The Morgan fingerprint density at radius 3 is 2.95 bits per heavy atom. The van der Waals surface area contributed by atoms with E-state index in [-0.39, 0.29) is 0 Å². The van der Waals surface area contributed by atoms with Crippen LogP contribution in [-0.4, -0.2) is 45.3 Å². The average Bonchev–Trinajstić information content (AvgIpc) is 3.03. The molecule has 0 radical (unpaired) electrons. The smallest absolute Gasteiger partial charge is 0.316 e. The fourth-order valence-electron chi connectivity index (χ4n) is 2.74. The first-order chi connectivity index (χ1) is 9.85. The first-order valence-corrected chi connectivity index (χ1v) is 6.91. The van der Waals surface area contributed by atoms with Crippen LogP contribution in [-0.2, 0) is 6.54 Å². The maximum absolute atomic E-state index is 4.98. The van der Waals surface area contributed by atoms with E-state index in [0.717, 1.165) is 25.2 Å². The average molecular weight is 273 g/mol. The summed E-state index contributed by atoms with van der Waals surface area (Å²) >= 11 is 0. The molecule has 0 bridgehead atoms. The maximum atomic E-state index is 4.98. The minimum Gasteiger partial charge on any atom is -0.467 e. The van der Waals surface area contributed by atoms with Crippen molar-refractivity contribution in [1.29, 1.82) is 0 Å². The van der Waals surface area contributed by atoms with Gasteiger partial charge >= 0.3 is 6.01 Å². The molecule has 1 atom stereocenters. The predicted molar refractivity (Wildman–Crippen MR) is 74.4 cm³/mol. The minimum absolute atomic E-state index is 0.419. The zero-order valence-corrected chi connectivity index (χ0v) is 11.6. The van der Waals surface area contributed by atoms with Gasteiger partial charge in [0, 0.05) is 48.9 Å². The molecule has 20 heavy (non-hydrogen) atoms. The van der Waals surface area contributed by atoms with Crippen LogP contribution < -0.4 is 4.74 Å². The van der Waals surface area contributed by atoms with E-state index in [2.05, 4.69) is 31.1 Å². The molecule has 2 aromatic heterocycles. The molecule has 1 fully saturated rings. The highest BCUT2D eigenvalue weighted by Gasteiger charge is 2.22. The number of aromatic amines is 1. The van der Waals surface area contributed by atoms with Crippen molar-refractivity contribution in [2.45, 2.75) is 25.3 Å². The Hall–Kier alpha value is -1.95. The molecule has 6 heteroatoms. The molecule has 0 aromatic carbocycles. The number of aromatic nitrogens is 4. The third-order valence-corrected chi connectivity index (χ3v) is 3.74. The number of nitrogens with one attached hydrogen (secondary N) is 1. The van der Waals surface area contributed by atoms with Gasteiger partial charge in [-0.3, -0.25) is 10.00 Å². The van der Waals surface area contributed by atoms with E-state index in [9.17, 15) is 0 Å². The topological polar surface area (TPSA) is 66.9 Å². The highest BCUT2D eigenvalue weighted by Crippen LogP contribution is 2.26. The van der Waals surface area contributed by atoms with Crippen molar-refractivity contribution in [3.8, 4) is 6.01 Å². The number of nitrogens with zero attached hydrogens (tertiary/aromatic N) is 4. The van der Waals surface area contributed by atoms with Crippen LogP contribution in [0, 0.1) is 0 Å². The Morgan fingerprint density at radius 1 is 1.40 bits per heavy atom. The lowest BCUT2D eigenvalue weighted by atomic mass is 9.95. The molecule has 0 amide bonds. The van der Waals surface area contributed by atoms with Crippen LogP contribution in [0.15, 0.2) is 24.7 Å². The Labute approximate surface area is 118 Å². The maximum Gasteiger partial charge on any atom is 0.316 e. The molecular formula is C14H19N5O. The molecule has 2 aromatic rings. The van der Waals surface area contributed by atoms with E-state index < -0.39 is 0 Å². The molecule has 1 aliphatic rings. The number of hydrogen-bond acceptors (Lipinski definition) is 5. The second kappa shape index (κ2) is 6.00. The number of methoxy groups -OCH3 is 1. The molecule has 106 valence electrons. The number of likely N-dealkylation sites (tertiary alicyclic amines) is 1. The fourth-order valence-corrected chi connectivity index (χ4v) is 2.74. The second-order valence-electron chi connectivity index (χ2n) is 5.16. The number of rotatable bonds is 4. The quantitative estimate of drug-likeness (QED) is 0.916. The monoisotopic (exact) mass is 273 g/mol. The number of hydrogen-bond donors (Lipinski definition) is 1. The Morgan fingerprint density at radius 2 is 2.25 bits per heavy atom. The largest absolute Gasteiger partial charge is 0.467 e. The van der Waals surface area contributed by atoms with Crippen molar-refractivity contribution in [2.75, 3.05) is 20.2 Å². The zero-order chi connectivity index (χ0) is 13.8. The molecule has 1 aliphatic heterocycles. The Balaban J connectivity index is 1.62. The first-order valence-electron chi connectivity index (χ1n) is 6.91. The second-order valence-corrected chi connectivity index (χ2v) is 5.16. The van der Waals surface area contributed by atoms with Gasteiger partial charge in [0.05, 0.1) is 7.11 Å². The highest BCUT2D eigenvalue weighted by molar-refractivity contribution is 5.10. The van der Waals surface area contributed by atoms with E-state index in [0.29, 0.717) is 11.9 Å². The van der Waals surface area contributed by atoms with Crippen LogP contribution in [0.2, 0.25) is 0 Å². The van der Waals surface area contributed by atoms with Gasteiger partial charge in [0.2, 0.25) is 0 Å². The zero-order valence-electron chi connectivity index (χ0n) is 11.6. The van der Waals surface area contributed by atoms with Crippen LogP contribution >= 0.6 is 0 Å². The van der Waals surface area contributed by atoms with Crippen molar-refractivity contribution in [1.82, 2.24) is 25.1 Å². The van der Waals surface area contributed by atoms with E-state index in [4.69, 9.17) is 4.74 Å². The van der Waals surface area contributed by atoms with Gasteiger partial charge in [-0.1, -0.05) is 0 Å². The molecule has 0 aliphatic carbocycles. The molecule has 3 rings (SSSR count). The van der Waals surface area contributed by atoms with Crippen molar-refractivity contribution in [3.63, 3.8) is 0 Å². The molecule has 1 saturated heterocycles. The summed E-state index contributed by atoms with van der Waals surface area (Å²) in [6, 6.07) is 2.49. The van der Waals surface area contributed by atoms with Gasteiger partial charge in [0.1, 0.15) is 0 Å². The summed E-state index contributed by atoms with van der Waals surface area (Å²) in [5.41, 5.74) is 2.36. The van der Waals surface area contributed by atoms with Crippen molar-refractivity contribution in [3.05, 3.63) is 35.9 Å². The van der Waals surface area contributed by atoms with E-state index in [1.807, 2.05) is 18.6 Å². The van der Waals surface area contributed by atoms with E-state index in [1.54, 1.807) is 7.11 Å². The van der Waals surface area contributed by atoms with Gasteiger partial charge in [-0.25, -0.2) is 9.97 Å². The Bertz CT molecular complexity index is 525. The number of H-pyrrole nitrogens is 1. The lowest BCUT2D eigenvalue weighted by Gasteiger charge is -2.32. The lowest BCUT2D eigenvalue weighted by Crippen LogP contribution is -2.34. The summed E-state index contributed by atoms with van der Waals surface area (Å²) in [5.74, 6) is 0.547. The molecule has 0 unspecified atom stereocenters. The molecule has 0 spiro atoms.